The number of carbonyl (C=O) groups is 1. The first-order valence-corrected chi connectivity index (χ1v) is 8.05. The zero-order chi connectivity index (χ0) is 16.7. The largest absolute Gasteiger partial charge is 0.414 e. The van der Waals surface area contributed by atoms with Crippen LogP contribution in [0.2, 0.25) is 0 Å². The van der Waals surface area contributed by atoms with Gasteiger partial charge in [-0.15, -0.1) is 5.10 Å². The van der Waals surface area contributed by atoms with Crippen molar-refractivity contribution in [3.05, 3.63) is 46.6 Å². The fourth-order valence-corrected chi connectivity index (χ4v) is 2.32. The fraction of sp³-hybridized carbons (Fsp3) is 0.438. The molecule has 0 aliphatic heterocycles. The normalized spacial score (nSPS) is 10.9. The number of rotatable bonds is 8. The second-order valence-electron chi connectivity index (χ2n) is 5.43. The van der Waals surface area contributed by atoms with Gasteiger partial charge < -0.3 is 9.73 Å². The number of carbonyl (C=O) groups excluding carboxylic acids is 1. The Bertz CT molecular complexity index is 681. The molecule has 1 heterocycles. The number of hydrogen-bond donors (Lipinski definition) is 1. The smallest absolute Gasteiger partial charge is 0.288 e. The van der Waals surface area contributed by atoms with Gasteiger partial charge in [-0.25, -0.2) is 4.68 Å². The Morgan fingerprint density at radius 3 is 2.83 bits per heavy atom. The Hall–Kier alpha value is -1.99. The van der Waals surface area contributed by atoms with E-state index in [2.05, 4.69) is 10.4 Å². The Balaban J connectivity index is 1.93. The van der Waals surface area contributed by atoms with Crippen LogP contribution in [0.25, 0.3) is 0 Å². The molecule has 1 aromatic carbocycles. The van der Waals surface area contributed by atoms with E-state index in [4.69, 9.17) is 16.6 Å². The van der Waals surface area contributed by atoms with Gasteiger partial charge >= 0.3 is 0 Å². The summed E-state index contributed by atoms with van der Waals surface area (Å²) in [4.78, 5) is 13.9. The first-order valence-electron chi connectivity index (χ1n) is 7.64. The molecule has 0 unspecified atom stereocenters. The number of likely N-dealkylation sites (N-methyl/N-ethyl adjacent to an activating group) is 1. The van der Waals surface area contributed by atoms with Crippen molar-refractivity contribution in [2.45, 2.75) is 26.4 Å². The molecule has 0 atom stereocenters. The minimum absolute atomic E-state index is 0.00567. The third-order valence-electron chi connectivity index (χ3n) is 3.21. The molecule has 0 fully saturated rings. The van der Waals surface area contributed by atoms with Gasteiger partial charge in [-0.3, -0.25) is 9.69 Å². The molecule has 7 heteroatoms. The topological polar surface area (TPSA) is 63.3 Å². The lowest BCUT2D eigenvalue weighted by atomic mass is 10.2. The summed E-state index contributed by atoms with van der Waals surface area (Å²) < 4.78 is 7.13. The molecule has 0 saturated carbocycles. The van der Waals surface area contributed by atoms with E-state index in [1.165, 1.54) is 0 Å². The molecule has 23 heavy (non-hydrogen) atoms. The van der Waals surface area contributed by atoms with Crippen LogP contribution in [0.3, 0.4) is 0 Å². The predicted octanol–water partition coefficient (Wildman–Crippen LogP) is 2.21. The van der Waals surface area contributed by atoms with Gasteiger partial charge in [0.15, 0.2) is 0 Å². The monoisotopic (exact) mass is 334 g/mol. The molecular weight excluding hydrogens is 312 g/mol. The van der Waals surface area contributed by atoms with Crippen molar-refractivity contribution in [3.8, 4) is 0 Å². The summed E-state index contributed by atoms with van der Waals surface area (Å²) in [7, 11) is 1.85. The SMILES string of the molecule is CCCNC(=O)CN(C)Cn1nc(Cc2ccccc2)oc1=S. The highest BCUT2D eigenvalue weighted by Gasteiger charge is 2.11. The van der Waals surface area contributed by atoms with E-state index in [0.717, 1.165) is 12.0 Å². The maximum Gasteiger partial charge on any atom is 0.288 e. The van der Waals surface area contributed by atoms with Crippen LogP contribution in [-0.2, 0) is 17.9 Å². The lowest BCUT2D eigenvalue weighted by molar-refractivity contribution is -0.122. The fourth-order valence-electron chi connectivity index (χ4n) is 2.12. The molecular formula is C16H22N4O2S. The zero-order valence-electron chi connectivity index (χ0n) is 13.5. The highest BCUT2D eigenvalue weighted by atomic mass is 32.1. The molecule has 2 rings (SSSR count). The first-order chi connectivity index (χ1) is 11.1. The van der Waals surface area contributed by atoms with E-state index < -0.39 is 0 Å². The highest BCUT2D eigenvalue weighted by molar-refractivity contribution is 7.71. The Labute approximate surface area is 141 Å². The zero-order valence-corrected chi connectivity index (χ0v) is 14.3. The molecule has 0 aliphatic rings. The third-order valence-corrected chi connectivity index (χ3v) is 3.50. The molecule has 6 nitrogen and oxygen atoms in total. The molecule has 1 N–H and O–H groups in total. The molecule has 0 spiro atoms. The average Bonchev–Trinajstić information content (AvgIpc) is 2.85. The molecule has 0 radical (unpaired) electrons. The van der Waals surface area contributed by atoms with E-state index in [1.54, 1.807) is 4.68 Å². The quantitative estimate of drug-likeness (QED) is 0.750. The second-order valence-corrected chi connectivity index (χ2v) is 5.78. The van der Waals surface area contributed by atoms with Crippen molar-refractivity contribution >= 4 is 18.1 Å². The van der Waals surface area contributed by atoms with Crippen LogP contribution in [0.4, 0.5) is 0 Å². The van der Waals surface area contributed by atoms with Crippen LogP contribution < -0.4 is 5.32 Å². The van der Waals surface area contributed by atoms with E-state index >= 15 is 0 Å². The minimum atomic E-state index is -0.00567. The van der Waals surface area contributed by atoms with Crippen LogP contribution in [0.15, 0.2) is 34.7 Å². The van der Waals surface area contributed by atoms with Gasteiger partial charge in [0.1, 0.15) is 0 Å². The van der Waals surface area contributed by atoms with Crippen LogP contribution in [0.1, 0.15) is 24.8 Å². The van der Waals surface area contributed by atoms with Crippen molar-refractivity contribution in [2.24, 2.45) is 0 Å². The lowest BCUT2D eigenvalue weighted by Crippen LogP contribution is -2.36. The molecule has 124 valence electrons. The lowest BCUT2D eigenvalue weighted by Gasteiger charge is -2.15. The van der Waals surface area contributed by atoms with E-state index in [1.807, 2.05) is 49.2 Å². The summed E-state index contributed by atoms with van der Waals surface area (Å²) in [5.41, 5.74) is 1.11. The van der Waals surface area contributed by atoms with Gasteiger partial charge in [-0.1, -0.05) is 37.3 Å². The van der Waals surface area contributed by atoms with Crippen molar-refractivity contribution in [1.29, 1.82) is 0 Å². The number of aromatic nitrogens is 2. The van der Waals surface area contributed by atoms with Gasteiger partial charge in [-0.2, -0.15) is 0 Å². The van der Waals surface area contributed by atoms with E-state index in [-0.39, 0.29) is 5.91 Å². The summed E-state index contributed by atoms with van der Waals surface area (Å²) in [5, 5.41) is 7.23. The van der Waals surface area contributed by atoms with Gasteiger partial charge in [0.25, 0.3) is 4.84 Å². The predicted molar refractivity (Wildman–Crippen MR) is 90.5 cm³/mol. The third kappa shape index (κ3) is 5.61. The Morgan fingerprint density at radius 1 is 1.39 bits per heavy atom. The van der Waals surface area contributed by atoms with E-state index in [9.17, 15) is 4.79 Å². The van der Waals surface area contributed by atoms with Crippen LogP contribution >= 0.6 is 12.2 Å². The molecule has 1 aromatic heterocycles. The van der Waals surface area contributed by atoms with Crippen molar-refractivity contribution in [1.82, 2.24) is 20.0 Å². The number of nitrogens with one attached hydrogen (secondary N) is 1. The Morgan fingerprint density at radius 2 is 2.13 bits per heavy atom. The van der Waals surface area contributed by atoms with Crippen molar-refractivity contribution in [2.75, 3.05) is 20.1 Å². The maximum absolute atomic E-state index is 11.7. The van der Waals surface area contributed by atoms with E-state index in [0.29, 0.717) is 36.9 Å². The molecule has 1 amide bonds. The van der Waals surface area contributed by atoms with Gasteiger partial charge in [0, 0.05) is 6.54 Å². The number of amides is 1. The van der Waals surface area contributed by atoms with Gasteiger partial charge in [0.05, 0.1) is 19.6 Å². The number of nitrogens with zero attached hydrogens (tertiary/aromatic N) is 3. The Kier molecular flexibility index (Phi) is 6.49. The highest BCUT2D eigenvalue weighted by Crippen LogP contribution is 2.08. The van der Waals surface area contributed by atoms with Crippen LogP contribution in [-0.4, -0.2) is 40.7 Å². The summed E-state index contributed by atoms with van der Waals surface area (Å²) in [6.45, 7) is 3.42. The first kappa shape index (κ1) is 17.4. The molecule has 0 bridgehead atoms. The van der Waals surface area contributed by atoms with Crippen molar-refractivity contribution in [3.63, 3.8) is 0 Å². The summed E-state index contributed by atoms with van der Waals surface area (Å²) in [5.74, 6) is 0.568. The summed E-state index contributed by atoms with van der Waals surface area (Å²) >= 11 is 5.20. The summed E-state index contributed by atoms with van der Waals surface area (Å²) in [6, 6.07) is 9.95. The average molecular weight is 334 g/mol. The standard InChI is InChI=1S/C16H22N4O2S/c1-3-9-17-14(21)11-19(2)12-20-16(23)22-15(18-20)10-13-7-5-4-6-8-13/h4-8H,3,9-12H2,1-2H3,(H,17,21). The van der Waals surface area contributed by atoms with Gasteiger partial charge in [0.2, 0.25) is 11.8 Å². The maximum atomic E-state index is 11.7. The molecule has 0 aliphatic carbocycles. The van der Waals surface area contributed by atoms with Gasteiger partial charge in [-0.05, 0) is 31.2 Å². The van der Waals surface area contributed by atoms with Crippen LogP contribution in [0.5, 0.6) is 0 Å². The number of benzene rings is 1. The molecule has 0 saturated heterocycles. The minimum Gasteiger partial charge on any atom is -0.414 e. The second kappa shape index (κ2) is 8.59. The number of hydrogen-bond acceptors (Lipinski definition) is 5. The van der Waals surface area contributed by atoms with Crippen LogP contribution in [0, 0.1) is 4.84 Å². The van der Waals surface area contributed by atoms with Crippen molar-refractivity contribution < 1.29 is 9.21 Å². The summed E-state index contributed by atoms with van der Waals surface area (Å²) in [6.07, 6.45) is 1.52. The molecule has 2 aromatic rings.